The number of nitrogens with two attached hydrogens (primary N) is 1. The summed E-state index contributed by atoms with van der Waals surface area (Å²) < 4.78 is 0. The first-order chi connectivity index (χ1) is 6.77. The molecule has 1 aromatic carbocycles. The summed E-state index contributed by atoms with van der Waals surface area (Å²) in [5.74, 6) is 0. The van der Waals surface area contributed by atoms with Crippen molar-refractivity contribution in [2.24, 2.45) is 0 Å². The second kappa shape index (κ2) is 5.13. The average molecular weight is 189 g/mol. The standard InChI is InChI=1S/C11H15N3/c1-2-8-14(9-7-12)11-5-3-10(13)4-6-11/h3-6H,2,8-9,13H2,1H3. The van der Waals surface area contributed by atoms with Gasteiger partial charge in [-0.05, 0) is 30.7 Å². The predicted octanol–water partition coefficient (Wildman–Crippen LogP) is 2.01. The van der Waals surface area contributed by atoms with Gasteiger partial charge in [-0.15, -0.1) is 0 Å². The number of rotatable bonds is 4. The van der Waals surface area contributed by atoms with Crippen molar-refractivity contribution in [3.8, 4) is 6.07 Å². The van der Waals surface area contributed by atoms with Crippen LogP contribution < -0.4 is 10.6 Å². The lowest BCUT2D eigenvalue weighted by atomic mass is 10.2. The Kier molecular flexibility index (Phi) is 3.81. The van der Waals surface area contributed by atoms with Crippen molar-refractivity contribution in [2.45, 2.75) is 13.3 Å². The largest absolute Gasteiger partial charge is 0.399 e. The van der Waals surface area contributed by atoms with Gasteiger partial charge in [-0.3, -0.25) is 0 Å². The predicted molar refractivity (Wildman–Crippen MR) is 59.0 cm³/mol. The molecular weight excluding hydrogens is 174 g/mol. The minimum absolute atomic E-state index is 0.428. The minimum Gasteiger partial charge on any atom is -0.399 e. The van der Waals surface area contributed by atoms with Crippen LogP contribution in [0.3, 0.4) is 0 Å². The van der Waals surface area contributed by atoms with Gasteiger partial charge in [0.15, 0.2) is 0 Å². The Labute approximate surface area is 84.7 Å². The van der Waals surface area contributed by atoms with Gasteiger partial charge in [0, 0.05) is 17.9 Å². The molecule has 0 radical (unpaired) electrons. The summed E-state index contributed by atoms with van der Waals surface area (Å²) in [6.45, 7) is 3.43. The van der Waals surface area contributed by atoms with E-state index in [1.54, 1.807) is 0 Å². The summed E-state index contributed by atoms with van der Waals surface area (Å²) in [4.78, 5) is 2.04. The summed E-state index contributed by atoms with van der Waals surface area (Å²) in [5, 5.41) is 8.66. The van der Waals surface area contributed by atoms with Crippen LogP contribution >= 0.6 is 0 Å². The lowest BCUT2D eigenvalue weighted by Crippen LogP contribution is -2.24. The first kappa shape index (κ1) is 10.4. The molecule has 0 fully saturated rings. The molecule has 2 N–H and O–H groups in total. The highest BCUT2D eigenvalue weighted by molar-refractivity contribution is 5.53. The van der Waals surface area contributed by atoms with E-state index in [-0.39, 0.29) is 0 Å². The van der Waals surface area contributed by atoms with Gasteiger partial charge < -0.3 is 10.6 Å². The molecule has 14 heavy (non-hydrogen) atoms. The van der Waals surface area contributed by atoms with Crippen molar-refractivity contribution >= 4 is 11.4 Å². The topological polar surface area (TPSA) is 53.0 Å². The molecule has 1 rings (SSSR count). The van der Waals surface area contributed by atoms with Crippen LogP contribution in [0.4, 0.5) is 11.4 Å². The van der Waals surface area contributed by atoms with E-state index in [1.807, 2.05) is 29.2 Å². The van der Waals surface area contributed by atoms with Gasteiger partial charge in [-0.25, -0.2) is 0 Å². The first-order valence-electron chi connectivity index (χ1n) is 4.75. The molecule has 0 bridgehead atoms. The van der Waals surface area contributed by atoms with Crippen molar-refractivity contribution in [1.82, 2.24) is 0 Å². The fourth-order valence-electron chi connectivity index (χ4n) is 1.34. The van der Waals surface area contributed by atoms with Crippen molar-refractivity contribution in [3.63, 3.8) is 0 Å². The molecule has 0 saturated heterocycles. The minimum atomic E-state index is 0.428. The third kappa shape index (κ3) is 2.67. The Balaban J connectivity index is 2.77. The van der Waals surface area contributed by atoms with Crippen molar-refractivity contribution in [1.29, 1.82) is 5.26 Å². The number of hydrogen-bond donors (Lipinski definition) is 1. The third-order valence-electron chi connectivity index (χ3n) is 2.01. The second-order valence-corrected chi connectivity index (χ2v) is 3.17. The molecule has 0 atom stereocenters. The van der Waals surface area contributed by atoms with Gasteiger partial charge in [0.25, 0.3) is 0 Å². The van der Waals surface area contributed by atoms with Crippen LogP contribution in [0.1, 0.15) is 13.3 Å². The fourth-order valence-corrected chi connectivity index (χ4v) is 1.34. The molecule has 1 aromatic rings. The van der Waals surface area contributed by atoms with E-state index in [0.717, 1.165) is 24.3 Å². The fraction of sp³-hybridized carbons (Fsp3) is 0.364. The van der Waals surface area contributed by atoms with E-state index in [9.17, 15) is 0 Å². The monoisotopic (exact) mass is 189 g/mol. The summed E-state index contributed by atoms with van der Waals surface area (Å²) in [6.07, 6.45) is 1.03. The van der Waals surface area contributed by atoms with Crippen molar-refractivity contribution in [2.75, 3.05) is 23.7 Å². The van der Waals surface area contributed by atoms with E-state index in [4.69, 9.17) is 11.0 Å². The maximum absolute atomic E-state index is 8.66. The lowest BCUT2D eigenvalue weighted by Gasteiger charge is -2.20. The summed E-state index contributed by atoms with van der Waals surface area (Å²) in [7, 11) is 0. The number of anilines is 2. The number of benzene rings is 1. The molecule has 0 aliphatic heterocycles. The summed E-state index contributed by atoms with van der Waals surface area (Å²) >= 11 is 0. The van der Waals surface area contributed by atoms with E-state index < -0.39 is 0 Å². The normalized spacial score (nSPS) is 9.43. The molecule has 0 heterocycles. The molecule has 74 valence electrons. The molecule has 0 aromatic heterocycles. The summed E-state index contributed by atoms with van der Waals surface area (Å²) in [5.41, 5.74) is 7.40. The molecule has 0 aliphatic rings. The second-order valence-electron chi connectivity index (χ2n) is 3.17. The van der Waals surface area contributed by atoms with Gasteiger partial charge >= 0.3 is 0 Å². The molecule has 0 amide bonds. The summed E-state index contributed by atoms with van der Waals surface area (Å²) in [6, 6.07) is 9.77. The van der Waals surface area contributed by atoms with Crippen LogP contribution in [-0.2, 0) is 0 Å². The molecule has 0 aliphatic carbocycles. The van der Waals surface area contributed by atoms with Gasteiger partial charge in [0.1, 0.15) is 6.54 Å². The highest BCUT2D eigenvalue weighted by Gasteiger charge is 2.03. The Morgan fingerprint density at radius 3 is 2.50 bits per heavy atom. The Morgan fingerprint density at radius 2 is 2.00 bits per heavy atom. The first-order valence-corrected chi connectivity index (χ1v) is 4.75. The molecule has 0 saturated carbocycles. The number of nitriles is 1. The van der Waals surface area contributed by atoms with Crippen LogP contribution in [0.15, 0.2) is 24.3 Å². The van der Waals surface area contributed by atoms with Gasteiger partial charge in [0.2, 0.25) is 0 Å². The zero-order valence-corrected chi connectivity index (χ0v) is 8.40. The quantitative estimate of drug-likeness (QED) is 0.582. The van der Waals surface area contributed by atoms with Crippen LogP contribution in [0, 0.1) is 11.3 Å². The van der Waals surface area contributed by atoms with Crippen LogP contribution in [0.5, 0.6) is 0 Å². The van der Waals surface area contributed by atoms with E-state index in [1.165, 1.54) is 0 Å². The van der Waals surface area contributed by atoms with E-state index in [0.29, 0.717) is 6.54 Å². The van der Waals surface area contributed by atoms with Crippen LogP contribution in [0.25, 0.3) is 0 Å². The Bertz CT molecular complexity index is 310. The smallest absolute Gasteiger partial charge is 0.105 e. The zero-order chi connectivity index (χ0) is 10.4. The third-order valence-corrected chi connectivity index (χ3v) is 2.01. The maximum Gasteiger partial charge on any atom is 0.105 e. The van der Waals surface area contributed by atoms with Crippen molar-refractivity contribution in [3.05, 3.63) is 24.3 Å². The Morgan fingerprint density at radius 1 is 1.36 bits per heavy atom. The highest BCUT2D eigenvalue weighted by Crippen LogP contribution is 2.15. The average Bonchev–Trinajstić information content (AvgIpc) is 2.19. The van der Waals surface area contributed by atoms with Gasteiger partial charge in [0.05, 0.1) is 6.07 Å². The van der Waals surface area contributed by atoms with Crippen LogP contribution in [0.2, 0.25) is 0 Å². The molecule has 3 heteroatoms. The van der Waals surface area contributed by atoms with Crippen LogP contribution in [-0.4, -0.2) is 13.1 Å². The SMILES string of the molecule is CCCN(CC#N)c1ccc(N)cc1. The number of nitrogens with zero attached hydrogens (tertiary/aromatic N) is 2. The number of hydrogen-bond acceptors (Lipinski definition) is 3. The van der Waals surface area contributed by atoms with Crippen molar-refractivity contribution < 1.29 is 0 Å². The maximum atomic E-state index is 8.66. The highest BCUT2D eigenvalue weighted by atomic mass is 15.1. The van der Waals surface area contributed by atoms with Gasteiger partial charge in [-0.1, -0.05) is 6.92 Å². The Hall–Kier alpha value is -1.69. The van der Waals surface area contributed by atoms with Gasteiger partial charge in [-0.2, -0.15) is 5.26 Å². The zero-order valence-electron chi connectivity index (χ0n) is 8.40. The molecule has 0 unspecified atom stereocenters. The molecule has 3 nitrogen and oxygen atoms in total. The molecular formula is C11H15N3. The van der Waals surface area contributed by atoms with E-state index in [2.05, 4.69) is 13.0 Å². The van der Waals surface area contributed by atoms with E-state index >= 15 is 0 Å². The number of nitrogen functional groups attached to an aromatic ring is 1. The lowest BCUT2D eigenvalue weighted by molar-refractivity contribution is 0.820. The molecule has 0 spiro atoms.